The van der Waals surface area contributed by atoms with Gasteiger partial charge in [0.05, 0.1) is 6.04 Å². The molecule has 0 heterocycles. The van der Waals surface area contributed by atoms with E-state index >= 15 is 0 Å². The van der Waals surface area contributed by atoms with Crippen LogP contribution in [-0.4, -0.2) is 167 Å². The molecule has 22 N–H and O–H groups in total. The maximum absolute atomic E-state index is 14.4. The molecule has 0 aliphatic heterocycles. The lowest BCUT2D eigenvalue weighted by atomic mass is 9.98. The second-order valence-electron chi connectivity index (χ2n) is 20.8. The number of aliphatic imine (C=N–C) groups is 2. The Balaban J connectivity index is 3.60. The smallest absolute Gasteiger partial charge is 0.326 e. The van der Waals surface area contributed by atoms with Crippen molar-refractivity contribution in [2.24, 2.45) is 62.1 Å². The number of benzene rings is 1. The maximum Gasteiger partial charge on any atom is 0.326 e. The summed E-state index contributed by atoms with van der Waals surface area (Å²) < 4.78 is 0. The Bertz CT molecular complexity index is 2370. The highest BCUT2D eigenvalue weighted by atomic mass is 32.2. The largest absolute Gasteiger partial charge is 0.481 e. The Hall–Kier alpha value is -7.76. The number of thioether (sulfide) groups is 1. The third-order valence-corrected chi connectivity index (χ3v) is 13.6. The molecule has 0 aliphatic carbocycles. The molecule has 466 valence electrons. The van der Waals surface area contributed by atoms with Gasteiger partial charge in [0.25, 0.3) is 0 Å². The number of amides is 9. The van der Waals surface area contributed by atoms with Crippen molar-refractivity contribution in [3.8, 4) is 0 Å². The fourth-order valence-corrected chi connectivity index (χ4v) is 8.61. The lowest BCUT2D eigenvalue weighted by Gasteiger charge is -2.29. The van der Waals surface area contributed by atoms with Crippen LogP contribution in [0.2, 0.25) is 0 Å². The summed E-state index contributed by atoms with van der Waals surface area (Å²) >= 11 is 1.34. The molecule has 30 heteroatoms. The molecular weight excluding hydrogens is 1100 g/mol. The summed E-state index contributed by atoms with van der Waals surface area (Å²) in [7, 11) is 0. The Labute approximate surface area is 488 Å². The van der Waals surface area contributed by atoms with E-state index in [-0.39, 0.29) is 69.5 Å². The Morgan fingerprint density at radius 3 is 1.43 bits per heavy atom. The van der Waals surface area contributed by atoms with E-state index in [1.807, 2.05) is 0 Å². The number of carboxylic acid groups (broad SMARTS) is 2. The standard InChI is InChI=1S/C53H90N16O13S/c1-8-30(6)42(51(81)82)69-46(76)33(17-13-24-61-53(58)59)62-45(75)36(22-25-83-7)65-50(80)41(29(4)5)68-47(77)34(18-20-39(55)70)63-44(74)35(19-21-40(71)72)64-49(79)38(27-31-14-10-9-11-15-31)67-48(78)37(26-28(2)3)66-43(73)32(54)16-12-23-60-52(56)57/h9-11,14-15,28-30,32-38,41-42H,8,12-13,16-27,54H2,1-7H3,(H2,55,70)(H,62,75)(H,63,74)(H,64,79)(H,65,80)(H,66,73)(H,67,78)(H,68,77)(H,69,76)(H,71,72)(H,81,82)(H4,56,57,60)(H4,58,59,61)/t30-,32-,33-,34-,35-,36-,37-,38-,41-,42-/m0/s1. The number of carboxylic acids is 2. The lowest BCUT2D eigenvalue weighted by molar-refractivity contribution is -0.144. The average molecular weight is 1190 g/mol. The number of hydrogen-bond acceptors (Lipinski definition) is 15. The van der Waals surface area contributed by atoms with Crippen molar-refractivity contribution in [3.63, 3.8) is 0 Å². The van der Waals surface area contributed by atoms with Crippen LogP contribution < -0.4 is 76.9 Å². The van der Waals surface area contributed by atoms with Gasteiger partial charge in [0.1, 0.15) is 48.3 Å². The highest BCUT2D eigenvalue weighted by Crippen LogP contribution is 2.14. The topological polar surface area (TPSA) is 505 Å². The molecule has 0 aliphatic rings. The van der Waals surface area contributed by atoms with Crippen molar-refractivity contribution < 1.29 is 63.0 Å². The molecule has 83 heavy (non-hydrogen) atoms. The fraction of sp³-hybridized carbons (Fsp3) is 0.642. The molecule has 1 rings (SSSR count). The number of hydrogen-bond donors (Lipinski definition) is 16. The van der Waals surface area contributed by atoms with Crippen LogP contribution in [0.5, 0.6) is 0 Å². The molecule has 29 nitrogen and oxygen atoms in total. The van der Waals surface area contributed by atoms with E-state index < -0.39 is 157 Å². The van der Waals surface area contributed by atoms with Gasteiger partial charge in [-0.2, -0.15) is 11.8 Å². The maximum atomic E-state index is 14.4. The molecule has 0 saturated carbocycles. The van der Waals surface area contributed by atoms with E-state index in [1.54, 1.807) is 78.1 Å². The monoisotopic (exact) mass is 1190 g/mol. The summed E-state index contributed by atoms with van der Waals surface area (Å²) in [6, 6.07) is -3.92. The molecule has 9 amide bonds. The van der Waals surface area contributed by atoms with E-state index in [9.17, 15) is 63.0 Å². The lowest BCUT2D eigenvalue weighted by Crippen LogP contribution is -2.61. The molecule has 1 aromatic rings. The van der Waals surface area contributed by atoms with Crippen molar-refractivity contribution in [1.82, 2.24) is 42.5 Å². The number of carbonyl (C=O) groups excluding carboxylic acids is 9. The second kappa shape index (κ2) is 38.9. The van der Waals surface area contributed by atoms with Gasteiger partial charge in [0.2, 0.25) is 53.2 Å². The molecule has 1 aromatic carbocycles. The normalized spacial score (nSPS) is 14.7. The van der Waals surface area contributed by atoms with Gasteiger partial charge in [0.15, 0.2) is 11.9 Å². The fourth-order valence-electron chi connectivity index (χ4n) is 8.14. The van der Waals surface area contributed by atoms with Gasteiger partial charge in [-0.15, -0.1) is 0 Å². The first-order valence-electron chi connectivity index (χ1n) is 27.6. The number of guanidine groups is 2. The van der Waals surface area contributed by atoms with Gasteiger partial charge in [-0.05, 0) is 86.7 Å². The van der Waals surface area contributed by atoms with Crippen LogP contribution in [0.3, 0.4) is 0 Å². The first-order chi connectivity index (χ1) is 39.0. The number of nitrogens with one attached hydrogen (secondary N) is 8. The average Bonchev–Trinajstić information content (AvgIpc) is 3.49. The zero-order chi connectivity index (χ0) is 62.9. The van der Waals surface area contributed by atoms with Crippen molar-refractivity contribution in [2.45, 2.75) is 173 Å². The first kappa shape index (κ1) is 73.3. The van der Waals surface area contributed by atoms with Crippen LogP contribution in [0.4, 0.5) is 0 Å². The number of nitrogens with two attached hydrogens (primary N) is 6. The first-order valence-corrected chi connectivity index (χ1v) is 29.0. The Morgan fingerprint density at radius 1 is 0.530 bits per heavy atom. The minimum absolute atomic E-state index is 0.0224. The quantitative estimate of drug-likeness (QED) is 0.0180. The zero-order valence-electron chi connectivity index (χ0n) is 48.6. The predicted octanol–water partition coefficient (Wildman–Crippen LogP) is -2.74. The summed E-state index contributed by atoms with van der Waals surface area (Å²) in [6.45, 7) is 10.4. The van der Waals surface area contributed by atoms with Crippen LogP contribution in [0.25, 0.3) is 0 Å². The number of primary amides is 1. The summed E-state index contributed by atoms with van der Waals surface area (Å²) in [5.74, 6) is -11.9. The predicted molar refractivity (Wildman–Crippen MR) is 313 cm³/mol. The van der Waals surface area contributed by atoms with Gasteiger partial charge in [-0.3, -0.25) is 57.9 Å². The van der Waals surface area contributed by atoms with Crippen LogP contribution in [0, 0.1) is 17.8 Å². The van der Waals surface area contributed by atoms with Crippen molar-refractivity contribution in [1.29, 1.82) is 0 Å². The molecule has 10 atom stereocenters. The SMILES string of the molecule is CC[C@H](C)[C@H](NC(=O)[C@H](CCCN=C(N)N)NC(=O)[C@H](CCSC)NC(=O)[C@@H](NC(=O)[C@H](CCC(N)=O)NC(=O)[C@H](CCC(=O)O)NC(=O)[C@H](Cc1ccccc1)NC(=O)[C@H](CC(C)C)NC(=O)[C@@H](N)CCCN=C(N)N)C(C)C)C(=O)O. The minimum atomic E-state index is -1.69. The molecule has 0 spiro atoms. The molecule has 0 bridgehead atoms. The van der Waals surface area contributed by atoms with E-state index in [0.717, 1.165) is 0 Å². The van der Waals surface area contributed by atoms with Crippen molar-refractivity contribution in [3.05, 3.63) is 35.9 Å². The highest BCUT2D eigenvalue weighted by molar-refractivity contribution is 7.98. The molecule has 0 fully saturated rings. The van der Waals surface area contributed by atoms with Crippen LogP contribution in [0.15, 0.2) is 40.3 Å². The summed E-state index contributed by atoms with van der Waals surface area (Å²) in [6.07, 6.45) is 0.674. The molecular formula is C53H90N16O13S. The summed E-state index contributed by atoms with van der Waals surface area (Å²) in [5.41, 5.74) is 33.8. The van der Waals surface area contributed by atoms with E-state index in [1.165, 1.54) is 11.8 Å². The van der Waals surface area contributed by atoms with Crippen LogP contribution in [0.1, 0.15) is 118 Å². The molecule has 0 aromatic heterocycles. The zero-order valence-corrected chi connectivity index (χ0v) is 49.4. The van der Waals surface area contributed by atoms with E-state index in [4.69, 9.17) is 34.4 Å². The van der Waals surface area contributed by atoms with Crippen molar-refractivity contribution >= 4 is 88.8 Å². The molecule has 0 radical (unpaired) electrons. The van der Waals surface area contributed by atoms with Gasteiger partial charge >= 0.3 is 11.9 Å². The third kappa shape index (κ3) is 29.7. The van der Waals surface area contributed by atoms with Crippen LogP contribution in [-0.2, 0) is 59.2 Å². The number of nitrogens with zero attached hydrogens (tertiary/aromatic N) is 2. The number of rotatable bonds is 41. The number of carbonyl (C=O) groups is 11. The second-order valence-corrected chi connectivity index (χ2v) is 21.8. The Kier molecular flexibility index (Phi) is 34.3. The summed E-state index contributed by atoms with van der Waals surface area (Å²) in [4.78, 5) is 156. The highest BCUT2D eigenvalue weighted by Gasteiger charge is 2.37. The minimum Gasteiger partial charge on any atom is -0.481 e. The Morgan fingerprint density at radius 2 is 0.964 bits per heavy atom. The number of aliphatic carboxylic acids is 2. The van der Waals surface area contributed by atoms with Gasteiger partial charge in [-0.25, -0.2) is 4.79 Å². The van der Waals surface area contributed by atoms with E-state index in [0.29, 0.717) is 24.2 Å². The van der Waals surface area contributed by atoms with Gasteiger partial charge < -0.3 is 87.1 Å². The van der Waals surface area contributed by atoms with Crippen molar-refractivity contribution in [2.75, 3.05) is 25.1 Å². The molecule has 0 saturated heterocycles. The third-order valence-electron chi connectivity index (χ3n) is 13.0. The van der Waals surface area contributed by atoms with Gasteiger partial charge in [-0.1, -0.05) is 78.3 Å². The van der Waals surface area contributed by atoms with Crippen LogP contribution >= 0.6 is 11.8 Å². The van der Waals surface area contributed by atoms with E-state index in [2.05, 4.69) is 52.5 Å². The summed E-state index contributed by atoms with van der Waals surface area (Å²) in [5, 5.41) is 40.2. The van der Waals surface area contributed by atoms with Gasteiger partial charge in [0, 0.05) is 32.4 Å². The molecule has 0 unspecified atom stereocenters.